The quantitative estimate of drug-likeness (QED) is 0.279. The maximum Gasteiger partial charge on any atom is 0.337 e. The summed E-state index contributed by atoms with van der Waals surface area (Å²) in [4.78, 5) is 24.3. The zero-order valence-electron chi connectivity index (χ0n) is 15.8. The van der Waals surface area contributed by atoms with Crippen molar-refractivity contribution in [3.05, 3.63) is 88.9 Å². The van der Waals surface area contributed by atoms with Gasteiger partial charge in [0.1, 0.15) is 0 Å². The molecule has 0 aliphatic rings. The van der Waals surface area contributed by atoms with Gasteiger partial charge >= 0.3 is 5.97 Å². The molecule has 0 aliphatic carbocycles. The molecule has 3 rings (SSSR count). The van der Waals surface area contributed by atoms with E-state index >= 15 is 0 Å². The number of hydrogen-bond acceptors (Lipinski definition) is 6. The predicted molar refractivity (Wildman–Crippen MR) is 112 cm³/mol. The van der Waals surface area contributed by atoms with Crippen molar-refractivity contribution in [1.82, 2.24) is 0 Å². The van der Waals surface area contributed by atoms with Crippen LogP contribution in [0.25, 0.3) is 0 Å². The first-order chi connectivity index (χ1) is 14.3. The van der Waals surface area contributed by atoms with Crippen LogP contribution in [0.1, 0.15) is 20.7 Å². The molecule has 0 unspecified atom stereocenters. The topological polar surface area (TPSA) is 107 Å². The number of hydrazine groups is 1. The third-order valence-corrected chi connectivity index (χ3v) is 6.35. The van der Waals surface area contributed by atoms with Crippen molar-refractivity contribution in [2.45, 2.75) is 9.79 Å². The molecule has 0 atom stereocenters. The number of carbonyl (C=O) groups excluding carboxylic acids is 2. The van der Waals surface area contributed by atoms with Gasteiger partial charge in [0.2, 0.25) is 9.84 Å². The minimum atomic E-state index is -3.96. The van der Waals surface area contributed by atoms with Gasteiger partial charge in [0.15, 0.2) is 0 Å². The van der Waals surface area contributed by atoms with Gasteiger partial charge in [-0.2, -0.15) is 0 Å². The first-order valence-corrected chi connectivity index (χ1v) is 10.5. The highest BCUT2D eigenvalue weighted by Gasteiger charge is 2.26. The van der Waals surface area contributed by atoms with Crippen molar-refractivity contribution >= 4 is 39.0 Å². The van der Waals surface area contributed by atoms with Gasteiger partial charge in [-0.15, -0.1) is 0 Å². The van der Waals surface area contributed by atoms with E-state index in [-0.39, 0.29) is 31.6 Å². The molecule has 0 heterocycles. The van der Waals surface area contributed by atoms with E-state index in [0.29, 0.717) is 0 Å². The fourth-order valence-corrected chi connectivity index (χ4v) is 4.36. The summed E-state index contributed by atoms with van der Waals surface area (Å²) >= 11 is 6.04. The fraction of sp³-hybridized carbons (Fsp3) is 0.0476. The van der Waals surface area contributed by atoms with Gasteiger partial charge in [-0.05, 0) is 54.6 Å². The lowest BCUT2D eigenvalue weighted by atomic mass is 10.1. The number of sulfone groups is 1. The lowest BCUT2D eigenvalue weighted by Crippen LogP contribution is -2.38. The molecule has 0 aromatic heterocycles. The second-order valence-corrected chi connectivity index (χ2v) is 8.53. The van der Waals surface area contributed by atoms with Crippen molar-refractivity contribution in [2.75, 3.05) is 12.1 Å². The Balaban J connectivity index is 2.02. The van der Waals surface area contributed by atoms with E-state index in [0.717, 1.165) is 5.01 Å². The number of amides is 1. The lowest BCUT2D eigenvalue weighted by Gasteiger charge is -2.20. The lowest BCUT2D eigenvalue weighted by molar-refractivity contribution is 0.0600. The van der Waals surface area contributed by atoms with Crippen LogP contribution < -0.4 is 10.9 Å². The summed E-state index contributed by atoms with van der Waals surface area (Å²) in [5, 5.41) is 0.927. The number of anilines is 1. The van der Waals surface area contributed by atoms with Crippen molar-refractivity contribution in [1.29, 1.82) is 0 Å². The molecule has 0 bridgehead atoms. The van der Waals surface area contributed by atoms with E-state index in [1.165, 1.54) is 61.7 Å². The van der Waals surface area contributed by atoms with Crippen LogP contribution in [-0.4, -0.2) is 27.4 Å². The van der Waals surface area contributed by atoms with Crippen LogP contribution in [0.3, 0.4) is 0 Å². The van der Waals surface area contributed by atoms with Crippen LogP contribution in [0.4, 0.5) is 5.69 Å². The number of hydrogen-bond donors (Lipinski definition) is 1. The van der Waals surface area contributed by atoms with Crippen molar-refractivity contribution < 1.29 is 22.7 Å². The number of esters is 1. The molecule has 0 fully saturated rings. The van der Waals surface area contributed by atoms with Crippen LogP contribution in [-0.2, 0) is 14.6 Å². The third kappa shape index (κ3) is 4.20. The fourth-order valence-electron chi connectivity index (χ4n) is 2.75. The third-order valence-electron chi connectivity index (χ3n) is 4.30. The highest BCUT2D eigenvalue weighted by Crippen LogP contribution is 2.32. The number of ether oxygens (including phenoxy) is 1. The summed E-state index contributed by atoms with van der Waals surface area (Å²) in [7, 11) is -2.72. The summed E-state index contributed by atoms with van der Waals surface area (Å²) < 4.78 is 30.8. The minimum absolute atomic E-state index is 0.0526. The average molecular weight is 445 g/mol. The van der Waals surface area contributed by atoms with Crippen LogP contribution >= 0.6 is 11.6 Å². The molecular weight excluding hydrogens is 428 g/mol. The molecule has 0 aliphatic heterocycles. The molecule has 3 aromatic rings. The number of methoxy groups -OCH3 is 1. The molecule has 9 heteroatoms. The average Bonchev–Trinajstić information content (AvgIpc) is 2.78. The Bertz CT molecular complexity index is 1200. The van der Waals surface area contributed by atoms with E-state index in [4.69, 9.17) is 17.4 Å². The van der Waals surface area contributed by atoms with E-state index in [1.807, 2.05) is 0 Å². The molecule has 0 saturated carbocycles. The van der Waals surface area contributed by atoms with Gasteiger partial charge in [0.25, 0.3) is 5.91 Å². The van der Waals surface area contributed by atoms with E-state index < -0.39 is 21.7 Å². The molecule has 154 valence electrons. The molecule has 1 amide bonds. The molecule has 3 aromatic carbocycles. The summed E-state index contributed by atoms with van der Waals surface area (Å²) in [5.41, 5.74) is 0.328. The first-order valence-electron chi connectivity index (χ1n) is 8.63. The van der Waals surface area contributed by atoms with Crippen molar-refractivity contribution in [3.63, 3.8) is 0 Å². The van der Waals surface area contributed by atoms with Gasteiger partial charge in [0, 0.05) is 10.6 Å². The molecule has 0 radical (unpaired) electrons. The summed E-state index contributed by atoms with van der Waals surface area (Å²) in [6, 6.07) is 17.4. The molecular formula is C21H17ClN2O5S. The smallest absolute Gasteiger partial charge is 0.337 e. The zero-order chi connectivity index (χ0) is 21.9. The predicted octanol–water partition coefficient (Wildman–Crippen LogP) is 3.48. The molecule has 30 heavy (non-hydrogen) atoms. The Kier molecular flexibility index (Phi) is 6.21. The Labute approximate surface area is 178 Å². The highest BCUT2D eigenvalue weighted by atomic mass is 35.5. The van der Waals surface area contributed by atoms with Gasteiger partial charge < -0.3 is 4.74 Å². The Hall–Kier alpha value is -3.20. The van der Waals surface area contributed by atoms with Crippen LogP contribution in [0, 0.1) is 0 Å². The largest absolute Gasteiger partial charge is 0.465 e. The molecule has 0 saturated heterocycles. The standard InChI is InChI=1S/C21H17ClN2O5S/c1-29-21(26)15-9-7-14(8-10-15)20(25)24(23)18-13-16(22)11-12-19(18)30(27,28)17-5-3-2-4-6-17/h2-13H,23H2,1H3. The normalized spacial score (nSPS) is 11.0. The van der Waals surface area contributed by atoms with Gasteiger partial charge in [-0.25, -0.2) is 24.1 Å². The van der Waals surface area contributed by atoms with Gasteiger partial charge in [0.05, 0.1) is 28.2 Å². The van der Waals surface area contributed by atoms with Crippen molar-refractivity contribution in [2.24, 2.45) is 5.84 Å². The van der Waals surface area contributed by atoms with Crippen molar-refractivity contribution in [3.8, 4) is 0 Å². The van der Waals surface area contributed by atoms with Gasteiger partial charge in [-0.1, -0.05) is 29.8 Å². The number of rotatable bonds is 5. The number of halogens is 1. The number of nitrogens with two attached hydrogens (primary N) is 1. The van der Waals surface area contributed by atoms with Crippen LogP contribution in [0.5, 0.6) is 0 Å². The summed E-state index contributed by atoms with van der Waals surface area (Å²) in [5.74, 6) is 4.77. The SMILES string of the molecule is COC(=O)c1ccc(C(=O)N(N)c2cc(Cl)ccc2S(=O)(=O)c2ccccc2)cc1. The minimum Gasteiger partial charge on any atom is -0.465 e. The maximum absolute atomic E-state index is 13.1. The maximum atomic E-state index is 13.1. The molecule has 0 spiro atoms. The number of benzene rings is 3. The van der Waals surface area contributed by atoms with E-state index in [2.05, 4.69) is 4.74 Å². The molecule has 2 N–H and O–H groups in total. The summed E-state index contributed by atoms with van der Waals surface area (Å²) in [6.07, 6.45) is 0. The Morgan fingerprint density at radius 3 is 2.13 bits per heavy atom. The van der Waals surface area contributed by atoms with Gasteiger partial charge in [-0.3, -0.25) is 4.79 Å². The number of carbonyl (C=O) groups is 2. The van der Waals surface area contributed by atoms with E-state index in [1.54, 1.807) is 18.2 Å². The van der Waals surface area contributed by atoms with Crippen LogP contribution in [0.2, 0.25) is 5.02 Å². The summed E-state index contributed by atoms with van der Waals surface area (Å²) in [6.45, 7) is 0. The monoisotopic (exact) mass is 444 g/mol. The second-order valence-electron chi connectivity index (χ2n) is 6.17. The Morgan fingerprint density at radius 2 is 1.53 bits per heavy atom. The highest BCUT2D eigenvalue weighted by molar-refractivity contribution is 7.91. The van der Waals surface area contributed by atoms with Crippen LogP contribution in [0.15, 0.2) is 82.6 Å². The molecule has 7 nitrogen and oxygen atoms in total. The second kappa shape index (κ2) is 8.66. The van der Waals surface area contributed by atoms with E-state index in [9.17, 15) is 18.0 Å². The Morgan fingerprint density at radius 1 is 0.933 bits per heavy atom. The zero-order valence-corrected chi connectivity index (χ0v) is 17.4. The number of nitrogens with zero attached hydrogens (tertiary/aromatic N) is 1. The first kappa shape index (κ1) is 21.5.